The predicted octanol–water partition coefficient (Wildman–Crippen LogP) is 3.86. The van der Waals surface area contributed by atoms with Crippen LogP contribution in [0.4, 0.5) is 0 Å². The smallest absolute Gasteiger partial charge is 0.115 e. The Balaban J connectivity index is 2.02. The third-order valence-corrected chi connectivity index (χ3v) is 3.26. The van der Waals surface area contributed by atoms with Gasteiger partial charge in [-0.3, -0.25) is 0 Å². The Kier molecular flexibility index (Phi) is 4.23. The van der Waals surface area contributed by atoms with E-state index in [1.54, 1.807) is 12.1 Å². The van der Waals surface area contributed by atoms with Gasteiger partial charge in [0.25, 0.3) is 0 Å². The second kappa shape index (κ2) is 5.89. The summed E-state index contributed by atoms with van der Waals surface area (Å²) in [7, 11) is 0. The minimum Gasteiger partial charge on any atom is -0.508 e. The molecule has 0 heterocycles. The maximum absolute atomic E-state index is 9.49. The SMILES string of the molecule is Cc1cc(C)cc(CNC(C)c2cccc(O)c2)c1. The number of nitrogens with one attached hydrogen (secondary N) is 1. The number of aromatic hydroxyl groups is 1. The zero-order chi connectivity index (χ0) is 13.8. The van der Waals surface area contributed by atoms with Crippen LogP contribution < -0.4 is 5.32 Å². The summed E-state index contributed by atoms with van der Waals surface area (Å²) in [5.41, 5.74) is 4.98. The number of hydrogen-bond donors (Lipinski definition) is 2. The quantitative estimate of drug-likeness (QED) is 0.869. The number of phenolic OH excluding ortho intramolecular Hbond substituents is 1. The third-order valence-electron chi connectivity index (χ3n) is 3.26. The van der Waals surface area contributed by atoms with E-state index in [0.717, 1.165) is 12.1 Å². The van der Waals surface area contributed by atoms with Gasteiger partial charge in [-0.25, -0.2) is 0 Å². The molecule has 0 saturated heterocycles. The molecule has 0 saturated carbocycles. The van der Waals surface area contributed by atoms with E-state index >= 15 is 0 Å². The van der Waals surface area contributed by atoms with Crippen LogP contribution >= 0.6 is 0 Å². The van der Waals surface area contributed by atoms with Crippen molar-refractivity contribution in [3.05, 3.63) is 64.7 Å². The van der Waals surface area contributed by atoms with Crippen molar-refractivity contribution in [2.24, 2.45) is 0 Å². The number of benzene rings is 2. The topological polar surface area (TPSA) is 32.3 Å². The molecule has 2 heteroatoms. The average molecular weight is 255 g/mol. The van der Waals surface area contributed by atoms with Crippen molar-refractivity contribution in [1.29, 1.82) is 0 Å². The molecule has 0 aliphatic heterocycles. The van der Waals surface area contributed by atoms with Gasteiger partial charge in [0.1, 0.15) is 5.75 Å². The molecule has 19 heavy (non-hydrogen) atoms. The number of aryl methyl sites for hydroxylation is 2. The van der Waals surface area contributed by atoms with Crippen molar-refractivity contribution in [2.75, 3.05) is 0 Å². The molecule has 2 rings (SSSR count). The number of hydrogen-bond acceptors (Lipinski definition) is 2. The van der Waals surface area contributed by atoms with Gasteiger partial charge < -0.3 is 10.4 Å². The van der Waals surface area contributed by atoms with Crippen LogP contribution in [0.2, 0.25) is 0 Å². The largest absolute Gasteiger partial charge is 0.508 e. The van der Waals surface area contributed by atoms with Crippen LogP contribution in [0.3, 0.4) is 0 Å². The third kappa shape index (κ3) is 3.83. The van der Waals surface area contributed by atoms with Gasteiger partial charge in [-0.2, -0.15) is 0 Å². The zero-order valence-corrected chi connectivity index (χ0v) is 11.8. The Morgan fingerprint density at radius 3 is 2.37 bits per heavy atom. The molecule has 0 fully saturated rings. The van der Waals surface area contributed by atoms with Gasteiger partial charge in [-0.1, -0.05) is 41.5 Å². The summed E-state index contributed by atoms with van der Waals surface area (Å²) in [5, 5.41) is 13.0. The van der Waals surface area contributed by atoms with Crippen LogP contribution in [0.25, 0.3) is 0 Å². The van der Waals surface area contributed by atoms with Gasteiger partial charge in [0.2, 0.25) is 0 Å². The minimum absolute atomic E-state index is 0.216. The molecule has 100 valence electrons. The van der Waals surface area contributed by atoms with Crippen LogP contribution in [-0.2, 0) is 6.54 Å². The fourth-order valence-electron chi connectivity index (χ4n) is 2.35. The molecule has 0 bridgehead atoms. The highest BCUT2D eigenvalue weighted by Gasteiger charge is 2.05. The summed E-state index contributed by atoms with van der Waals surface area (Å²) < 4.78 is 0. The summed E-state index contributed by atoms with van der Waals surface area (Å²) >= 11 is 0. The zero-order valence-electron chi connectivity index (χ0n) is 11.8. The molecule has 0 radical (unpaired) electrons. The highest BCUT2D eigenvalue weighted by molar-refractivity contribution is 5.30. The van der Waals surface area contributed by atoms with Crippen LogP contribution in [0, 0.1) is 13.8 Å². The maximum Gasteiger partial charge on any atom is 0.115 e. The standard InChI is InChI=1S/C17H21NO/c1-12-7-13(2)9-15(8-12)11-18-14(3)16-5-4-6-17(19)10-16/h4-10,14,18-19H,11H2,1-3H3. The lowest BCUT2D eigenvalue weighted by molar-refractivity contribution is 0.472. The molecule has 2 N–H and O–H groups in total. The van der Waals surface area contributed by atoms with E-state index < -0.39 is 0 Å². The first kappa shape index (κ1) is 13.6. The lowest BCUT2D eigenvalue weighted by Crippen LogP contribution is -2.18. The second-order valence-corrected chi connectivity index (χ2v) is 5.19. The normalized spacial score (nSPS) is 12.4. The first-order valence-corrected chi connectivity index (χ1v) is 6.64. The Hall–Kier alpha value is -1.80. The molecule has 1 atom stereocenters. The van der Waals surface area contributed by atoms with Gasteiger partial charge in [-0.15, -0.1) is 0 Å². The Bertz CT molecular complexity index is 543. The molecule has 2 nitrogen and oxygen atoms in total. The lowest BCUT2D eigenvalue weighted by atomic mass is 10.1. The summed E-state index contributed by atoms with van der Waals surface area (Å²) in [5.74, 6) is 0.317. The van der Waals surface area contributed by atoms with E-state index in [4.69, 9.17) is 0 Å². The molecule has 1 unspecified atom stereocenters. The predicted molar refractivity (Wildman–Crippen MR) is 79.3 cm³/mol. The highest BCUT2D eigenvalue weighted by Crippen LogP contribution is 2.18. The minimum atomic E-state index is 0.216. The molecular formula is C17H21NO. The van der Waals surface area contributed by atoms with Gasteiger partial charge in [-0.05, 0) is 44.0 Å². The van der Waals surface area contributed by atoms with E-state index in [-0.39, 0.29) is 6.04 Å². The van der Waals surface area contributed by atoms with Gasteiger partial charge in [0, 0.05) is 12.6 Å². The van der Waals surface area contributed by atoms with E-state index in [0.29, 0.717) is 5.75 Å². The van der Waals surface area contributed by atoms with E-state index in [1.807, 2.05) is 12.1 Å². The number of rotatable bonds is 4. The number of phenols is 1. The first-order chi connectivity index (χ1) is 9.04. The van der Waals surface area contributed by atoms with Gasteiger partial charge in [0.15, 0.2) is 0 Å². The Morgan fingerprint density at radius 1 is 1.05 bits per heavy atom. The summed E-state index contributed by atoms with van der Waals surface area (Å²) in [4.78, 5) is 0. The fourth-order valence-corrected chi connectivity index (χ4v) is 2.35. The van der Waals surface area contributed by atoms with Gasteiger partial charge in [0.05, 0.1) is 0 Å². The van der Waals surface area contributed by atoms with Crippen LogP contribution in [0.5, 0.6) is 5.75 Å². The maximum atomic E-state index is 9.49. The highest BCUT2D eigenvalue weighted by atomic mass is 16.3. The van der Waals surface area contributed by atoms with Crippen molar-refractivity contribution in [1.82, 2.24) is 5.32 Å². The van der Waals surface area contributed by atoms with Crippen molar-refractivity contribution in [2.45, 2.75) is 33.4 Å². The van der Waals surface area contributed by atoms with E-state index in [1.165, 1.54) is 16.7 Å². The van der Waals surface area contributed by atoms with Gasteiger partial charge >= 0.3 is 0 Å². The Labute approximate surface area is 115 Å². The summed E-state index contributed by atoms with van der Waals surface area (Å²) in [6.45, 7) is 7.18. The van der Waals surface area contributed by atoms with Crippen LogP contribution in [0.15, 0.2) is 42.5 Å². The summed E-state index contributed by atoms with van der Waals surface area (Å²) in [6, 6.07) is 14.2. The molecule has 0 aliphatic carbocycles. The molecule has 0 spiro atoms. The monoisotopic (exact) mass is 255 g/mol. The molecule has 2 aromatic rings. The van der Waals surface area contributed by atoms with Crippen molar-refractivity contribution >= 4 is 0 Å². The molecule has 0 aliphatic rings. The first-order valence-electron chi connectivity index (χ1n) is 6.64. The molecule has 2 aromatic carbocycles. The van der Waals surface area contributed by atoms with Crippen molar-refractivity contribution < 1.29 is 5.11 Å². The molecule has 0 amide bonds. The summed E-state index contributed by atoms with van der Waals surface area (Å²) in [6.07, 6.45) is 0. The van der Waals surface area contributed by atoms with E-state index in [9.17, 15) is 5.11 Å². The van der Waals surface area contributed by atoms with Crippen molar-refractivity contribution in [3.63, 3.8) is 0 Å². The lowest BCUT2D eigenvalue weighted by Gasteiger charge is -2.15. The molecule has 0 aromatic heterocycles. The van der Waals surface area contributed by atoms with Crippen LogP contribution in [-0.4, -0.2) is 5.11 Å². The average Bonchev–Trinajstić information content (AvgIpc) is 2.35. The second-order valence-electron chi connectivity index (χ2n) is 5.19. The fraction of sp³-hybridized carbons (Fsp3) is 0.294. The van der Waals surface area contributed by atoms with Crippen LogP contribution in [0.1, 0.15) is 35.2 Å². The molecular weight excluding hydrogens is 234 g/mol. The Morgan fingerprint density at radius 2 is 1.74 bits per heavy atom. The van der Waals surface area contributed by atoms with Crippen molar-refractivity contribution in [3.8, 4) is 5.75 Å². The van der Waals surface area contributed by atoms with E-state index in [2.05, 4.69) is 44.3 Å².